The third-order valence-corrected chi connectivity index (χ3v) is 3.17. The van der Waals surface area contributed by atoms with E-state index in [4.69, 9.17) is 0 Å². The van der Waals surface area contributed by atoms with Gasteiger partial charge in [-0.05, 0) is 24.8 Å². The first kappa shape index (κ1) is 25.7. The number of imidazole rings is 1. The molecule has 0 amide bonds. The number of halogens is 6. The van der Waals surface area contributed by atoms with E-state index < -0.39 is 8.16 Å². The van der Waals surface area contributed by atoms with Crippen LogP contribution in [0.25, 0.3) is 0 Å². The van der Waals surface area contributed by atoms with E-state index in [0.29, 0.717) is 5.92 Å². The van der Waals surface area contributed by atoms with Crippen LogP contribution in [0.5, 0.6) is 0 Å². The Morgan fingerprint density at radius 2 is 1.52 bits per heavy atom. The molecule has 2 nitrogen and oxygen atoms in total. The summed E-state index contributed by atoms with van der Waals surface area (Å²) < 4.78 is 53.4. The van der Waals surface area contributed by atoms with Crippen molar-refractivity contribution >= 4 is 8.16 Å². The molecule has 0 spiro atoms. The van der Waals surface area contributed by atoms with E-state index in [-0.39, 0.29) is 4.70 Å². The van der Waals surface area contributed by atoms with Crippen LogP contribution >= 0.6 is 8.16 Å². The van der Waals surface area contributed by atoms with Crippen molar-refractivity contribution < 1.29 is 30.3 Å². The Morgan fingerprint density at radius 3 is 1.80 bits per heavy atom. The molecule has 1 aromatic carbocycles. The predicted molar refractivity (Wildman–Crippen MR) is 91.4 cm³/mol. The molecule has 0 N–H and O–H groups in total. The number of aryl methyl sites for hydroxylation is 2. The molecular weight excluding hydrogens is 365 g/mol. The number of hydrogen-bond acceptors (Lipinski definition) is 0. The first-order chi connectivity index (χ1) is 10.9. The normalized spacial score (nSPS) is 12.9. The maximum absolute atomic E-state index is 9.84. The van der Waals surface area contributed by atoms with Gasteiger partial charge >= 0.3 is 29.1 Å². The Bertz CT molecular complexity index is 564. The molecule has 0 bridgehead atoms. The minimum atomic E-state index is -8.55. The van der Waals surface area contributed by atoms with Crippen molar-refractivity contribution in [2.45, 2.75) is 39.7 Å². The Labute approximate surface area is 145 Å². The number of hydrogen-bond donors (Lipinski definition) is 0. The monoisotopic (exact) mass is 391 g/mol. The second-order valence-corrected chi connectivity index (χ2v) is 6.55. The summed E-state index contributed by atoms with van der Waals surface area (Å²) in [4.78, 5) is 0. The zero-order valence-corrected chi connectivity index (χ0v) is 15.6. The summed E-state index contributed by atoms with van der Waals surface area (Å²) in [5, 5.41) is 0. The van der Waals surface area contributed by atoms with Crippen LogP contribution in [0, 0.1) is 0 Å². The minimum absolute atomic E-state index is 0. The van der Waals surface area contributed by atoms with Crippen molar-refractivity contribution in [3.8, 4) is 0 Å². The molecule has 1 atom stereocenters. The summed E-state index contributed by atoms with van der Waals surface area (Å²) >= 11 is 0. The summed E-state index contributed by atoms with van der Waals surface area (Å²) in [7, 11) is -6.53. The van der Waals surface area contributed by atoms with Crippen LogP contribution in [-0.4, -0.2) is 4.57 Å². The van der Waals surface area contributed by atoms with E-state index in [1.54, 1.807) is 0 Å². The fourth-order valence-electron chi connectivity index (χ4n) is 1.71. The zero-order chi connectivity index (χ0) is 18.8. The van der Waals surface area contributed by atoms with Crippen LogP contribution in [-0.2, 0) is 13.6 Å². The van der Waals surface area contributed by atoms with Gasteiger partial charge in [0.15, 0.2) is 0 Å². The van der Waals surface area contributed by atoms with Gasteiger partial charge in [-0.1, -0.05) is 44.2 Å². The molecule has 1 unspecified atom stereocenters. The SMILES string of the molecule is CCC(C)c1ccccc1.CCn1cc[n+](C)c1.F.FP(F)(F)(F)F. The summed E-state index contributed by atoms with van der Waals surface area (Å²) in [5.41, 5.74) is 1.45. The maximum atomic E-state index is 9.84. The molecular formula is C16H26F6N2P+. The van der Waals surface area contributed by atoms with Crippen LogP contribution < -0.4 is 4.57 Å². The number of nitrogens with zero attached hydrogens (tertiary/aromatic N) is 2. The zero-order valence-electron chi connectivity index (χ0n) is 14.8. The predicted octanol–water partition coefficient (Wildman–Crippen LogP) is 6.65. The average Bonchev–Trinajstić information content (AvgIpc) is 2.91. The Kier molecular flexibility index (Phi) is 11.4. The van der Waals surface area contributed by atoms with Gasteiger partial charge in [0.05, 0.1) is 13.6 Å². The van der Waals surface area contributed by atoms with E-state index in [9.17, 15) is 21.0 Å². The van der Waals surface area contributed by atoms with Crippen LogP contribution in [0.2, 0.25) is 0 Å². The van der Waals surface area contributed by atoms with Crippen molar-refractivity contribution in [3.05, 3.63) is 54.6 Å². The summed E-state index contributed by atoms with van der Waals surface area (Å²) in [5.74, 6) is 0.709. The van der Waals surface area contributed by atoms with Crippen LogP contribution in [0.15, 0.2) is 49.1 Å². The molecule has 1 heterocycles. The molecule has 0 saturated carbocycles. The first-order valence-corrected chi connectivity index (χ1v) is 9.26. The molecule has 0 aliphatic rings. The molecule has 0 saturated heterocycles. The first-order valence-electron chi connectivity index (χ1n) is 7.57. The Morgan fingerprint density at radius 1 is 1.04 bits per heavy atom. The fourth-order valence-corrected chi connectivity index (χ4v) is 1.71. The van der Waals surface area contributed by atoms with Crippen molar-refractivity contribution in [1.29, 1.82) is 0 Å². The van der Waals surface area contributed by atoms with E-state index in [0.717, 1.165) is 6.54 Å². The molecule has 0 fully saturated rings. The third kappa shape index (κ3) is 17.1. The van der Waals surface area contributed by atoms with Gasteiger partial charge in [0.2, 0.25) is 6.33 Å². The third-order valence-electron chi connectivity index (χ3n) is 3.17. The molecule has 0 aliphatic carbocycles. The molecule has 2 rings (SSSR count). The second kappa shape index (κ2) is 11.1. The average molecular weight is 391 g/mol. The van der Waals surface area contributed by atoms with E-state index in [2.05, 4.69) is 68.2 Å². The van der Waals surface area contributed by atoms with Crippen molar-refractivity contribution in [1.82, 2.24) is 4.57 Å². The molecule has 25 heavy (non-hydrogen) atoms. The Hall–Kier alpha value is -1.56. The number of rotatable bonds is 3. The number of benzene rings is 1. The number of aromatic nitrogens is 2. The van der Waals surface area contributed by atoms with Gasteiger partial charge in [0, 0.05) is 0 Å². The van der Waals surface area contributed by atoms with Gasteiger partial charge in [0.25, 0.3) is 0 Å². The summed E-state index contributed by atoms with van der Waals surface area (Å²) in [6.45, 7) is 7.66. The van der Waals surface area contributed by atoms with Gasteiger partial charge in [0.1, 0.15) is 12.4 Å². The van der Waals surface area contributed by atoms with Crippen molar-refractivity contribution in [2.24, 2.45) is 7.05 Å². The standard InChI is InChI=1S/C10H14.C6H11N2.F5P.FH/c1-3-9(2)10-7-5-4-6-8-10;1-3-8-5-4-7(2)6-8;1-6(2,3,4)5;/h4-9H,3H2,1-2H3;4-6H,3H2,1-2H3;;1H/q;+1;;. The van der Waals surface area contributed by atoms with Gasteiger partial charge in [-0.2, -0.15) is 0 Å². The van der Waals surface area contributed by atoms with Gasteiger partial charge in [-0.15, -0.1) is 0 Å². The van der Waals surface area contributed by atoms with Crippen LogP contribution in [0.3, 0.4) is 0 Å². The molecule has 2 aromatic rings. The molecule has 146 valence electrons. The Balaban J connectivity index is 0. The topological polar surface area (TPSA) is 8.81 Å². The van der Waals surface area contributed by atoms with Crippen LogP contribution in [0.1, 0.15) is 38.7 Å². The van der Waals surface area contributed by atoms with Crippen molar-refractivity contribution in [3.63, 3.8) is 0 Å². The van der Waals surface area contributed by atoms with E-state index in [1.807, 2.05) is 17.8 Å². The van der Waals surface area contributed by atoms with E-state index in [1.165, 1.54) is 12.0 Å². The quantitative estimate of drug-likeness (QED) is 0.315. The van der Waals surface area contributed by atoms with Gasteiger partial charge in [-0.25, -0.2) is 9.13 Å². The second-order valence-electron chi connectivity index (χ2n) is 5.27. The summed E-state index contributed by atoms with van der Waals surface area (Å²) in [6, 6.07) is 10.6. The summed E-state index contributed by atoms with van der Waals surface area (Å²) in [6.07, 6.45) is 7.37. The van der Waals surface area contributed by atoms with Gasteiger partial charge < -0.3 is 0 Å². The molecule has 0 aliphatic heterocycles. The van der Waals surface area contributed by atoms with Crippen molar-refractivity contribution in [2.75, 3.05) is 0 Å². The van der Waals surface area contributed by atoms with Crippen LogP contribution in [0.4, 0.5) is 25.7 Å². The fraction of sp³-hybridized carbons (Fsp3) is 0.438. The van der Waals surface area contributed by atoms with E-state index >= 15 is 0 Å². The molecule has 0 radical (unpaired) electrons. The molecule has 9 heteroatoms. The molecule has 1 aromatic heterocycles. The van der Waals surface area contributed by atoms with Gasteiger partial charge in [-0.3, -0.25) is 4.70 Å².